The van der Waals surface area contributed by atoms with Gasteiger partial charge in [0.05, 0.1) is 13.2 Å². The topological polar surface area (TPSA) is 79.2 Å². The number of aliphatic hydroxyl groups is 3. The van der Waals surface area contributed by atoms with Crippen molar-refractivity contribution in [2.24, 2.45) is 0 Å². The Hall–Kier alpha value is -0.460. The Morgan fingerprint density at radius 3 is 1.84 bits per heavy atom. The molecule has 1 aliphatic rings. The molecule has 0 aromatic rings. The van der Waals surface area contributed by atoms with Crippen LogP contribution in [-0.2, 0) is 9.47 Å². The summed E-state index contributed by atoms with van der Waals surface area (Å²) in [7, 11) is 0. The molecule has 184 valence electrons. The molecule has 0 aromatic carbocycles. The van der Waals surface area contributed by atoms with Crippen LogP contribution in [0.3, 0.4) is 0 Å². The summed E-state index contributed by atoms with van der Waals surface area (Å²) in [6, 6.07) is 0. The van der Waals surface area contributed by atoms with E-state index in [0.717, 1.165) is 19.3 Å². The summed E-state index contributed by atoms with van der Waals surface area (Å²) in [6.45, 7) is 2.60. The predicted molar refractivity (Wildman–Crippen MR) is 127 cm³/mol. The fraction of sp³-hybridized carbons (Fsp3) is 0.923. The second-order valence-electron chi connectivity index (χ2n) is 9.09. The lowest BCUT2D eigenvalue weighted by atomic mass is 10.0. The van der Waals surface area contributed by atoms with Crippen LogP contribution >= 0.6 is 0 Å². The first-order chi connectivity index (χ1) is 15.2. The van der Waals surface area contributed by atoms with Crippen molar-refractivity contribution in [2.75, 3.05) is 19.8 Å². The minimum Gasteiger partial charge on any atom is -0.394 e. The van der Waals surface area contributed by atoms with Gasteiger partial charge in [0, 0.05) is 6.61 Å². The van der Waals surface area contributed by atoms with Crippen molar-refractivity contribution in [2.45, 2.75) is 134 Å². The van der Waals surface area contributed by atoms with Gasteiger partial charge in [0.1, 0.15) is 24.4 Å². The number of rotatable bonds is 20. The highest BCUT2D eigenvalue weighted by molar-refractivity contribution is 4.87. The first-order valence-corrected chi connectivity index (χ1v) is 13.1. The van der Waals surface area contributed by atoms with E-state index in [1.807, 2.05) is 0 Å². The predicted octanol–water partition coefficient (Wildman–Crippen LogP) is 5.30. The molecule has 3 N–H and O–H groups in total. The lowest BCUT2D eigenvalue weighted by molar-refractivity contribution is -0.211. The van der Waals surface area contributed by atoms with Gasteiger partial charge >= 0.3 is 0 Å². The van der Waals surface area contributed by atoms with E-state index in [-0.39, 0.29) is 13.2 Å². The lowest BCUT2D eigenvalue weighted by Gasteiger charge is -2.37. The standard InChI is InChI=1S/C26H50O5/c1-2-3-4-5-6-7-8-9-10-11-12-13-14-15-16-17-18-19-20-30-26-24(21-27)31-22-23(28)25(26)29/h15-16,23-29H,2-14,17-22H2,1H3/b16-15+/t23-,24+,25+,26+/m1/s1. The highest BCUT2D eigenvalue weighted by atomic mass is 16.6. The highest BCUT2D eigenvalue weighted by Crippen LogP contribution is 2.19. The van der Waals surface area contributed by atoms with Crippen molar-refractivity contribution in [1.82, 2.24) is 0 Å². The number of unbranched alkanes of at least 4 members (excludes halogenated alkanes) is 14. The molecule has 4 atom stereocenters. The summed E-state index contributed by atoms with van der Waals surface area (Å²) in [6.07, 6.45) is 22.2. The molecule has 1 fully saturated rings. The summed E-state index contributed by atoms with van der Waals surface area (Å²) in [4.78, 5) is 0. The molecular weight excluding hydrogens is 392 g/mol. The van der Waals surface area contributed by atoms with Crippen LogP contribution in [0.2, 0.25) is 0 Å². The summed E-state index contributed by atoms with van der Waals surface area (Å²) < 4.78 is 11.0. The van der Waals surface area contributed by atoms with E-state index in [1.165, 1.54) is 83.5 Å². The van der Waals surface area contributed by atoms with Crippen molar-refractivity contribution in [1.29, 1.82) is 0 Å². The third-order valence-electron chi connectivity index (χ3n) is 6.22. The Balaban J connectivity index is 1.85. The van der Waals surface area contributed by atoms with Gasteiger partial charge in [-0.1, -0.05) is 89.7 Å². The zero-order chi connectivity index (χ0) is 22.6. The summed E-state index contributed by atoms with van der Waals surface area (Å²) >= 11 is 0. The quantitative estimate of drug-likeness (QED) is 0.176. The van der Waals surface area contributed by atoms with Gasteiger partial charge in [-0.25, -0.2) is 0 Å². The Morgan fingerprint density at radius 2 is 1.29 bits per heavy atom. The van der Waals surface area contributed by atoms with Crippen LogP contribution in [-0.4, -0.2) is 59.6 Å². The average molecular weight is 443 g/mol. The molecule has 0 unspecified atom stereocenters. The maximum atomic E-state index is 10.0. The molecule has 1 rings (SSSR count). The van der Waals surface area contributed by atoms with Crippen LogP contribution in [0, 0.1) is 0 Å². The molecule has 31 heavy (non-hydrogen) atoms. The van der Waals surface area contributed by atoms with E-state index < -0.39 is 24.4 Å². The summed E-state index contributed by atoms with van der Waals surface area (Å²) in [5.74, 6) is 0. The van der Waals surface area contributed by atoms with Crippen LogP contribution in [0.25, 0.3) is 0 Å². The Bertz CT molecular complexity index is 413. The molecule has 1 heterocycles. The maximum absolute atomic E-state index is 10.0. The van der Waals surface area contributed by atoms with Gasteiger partial charge in [0.25, 0.3) is 0 Å². The summed E-state index contributed by atoms with van der Waals surface area (Å²) in [5, 5.41) is 29.0. The van der Waals surface area contributed by atoms with E-state index >= 15 is 0 Å². The van der Waals surface area contributed by atoms with Gasteiger partial charge < -0.3 is 24.8 Å². The molecule has 0 aromatic heterocycles. The van der Waals surface area contributed by atoms with Gasteiger partial charge in [0.15, 0.2) is 0 Å². The molecule has 1 saturated heterocycles. The minimum absolute atomic E-state index is 0.0379. The van der Waals surface area contributed by atoms with Crippen LogP contribution in [0.4, 0.5) is 0 Å². The van der Waals surface area contributed by atoms with Gasteiger partial charge in [0.2, 0.25) is 0 Å². The van der Waals surface area contributed by atoms with Crippen molar-refractivity contribution in [3.63, 3.8) is 0 Å². The first-order valence-electron chi connectivity index (χ1n) is 13.1. The smallest absolute Gasteiger partial charge is 0.114 e. The molecule has 0 aliphatic carbocycles. The number of ether oxygens (including phenoxy) is 2. The zero-order valence-corrected chi connectivity index (χ0v) is 20.1. The van der Waals surface area contributed by atoms with E-state index in [4.69, 9.17) is 9.47 Å². The van der Waals surface area contributed by atoms with Crippen molar-refractivity contribution in [3.8, 4) is 0 Å². The monoisotopic (exact) mass is 442 g/mol. The second-order valence-corrected chi connectivity index (χ2v) is 9.09. The Kier molecular flexibility index (Phi) is 18.6. The molecule has 0 spiro atoms. The molecule has 5 nitrogen and oxygen atoms in total. The van der Waals surface area contributed by atoms with E-state index in [1.54, 1.807) is 0 Å². The average Bonchev–Trinajstić information content (AvgIpc) is 2.78. The molecule has 0 bridgehead atoms. The van der Waals surface area contributed by atoms with Crippen LogP contribution in [0.5, 0.6) is 0 Å². The molecular formula is C26H50O5. The van der Waals surface area contributed by atoms with Crippen LogP contribution in [0.1, 0.15) is 110 Å². The number of hydrogen-bond donors (Lipinski definition) is 3. The van der Waals surface area contributed by atoms with Gasteiger partial charge in [-0.3, -0.25) is 0 Å². The first kappa shape index (κ1) is 28.6. The molecule has 0 radical (unpaired) electrons. The fourth-order valence-electron chi connectivity index (χ4n) is 4.14. The third-order valence-corrected chi connectivity index (χ3v) is 6.22. The second kappa shape index (κ2) is 20.2. The van der Waals surface area contributed by atoms with Crippen molar-refractivity contribution < 1.29 is 24.8 Å². The maximum Gasteiger partial charge on any atom is 0.114 e. The number of hydrogen-bond acceptors (Lipinski definition) is 5. The highest BCUT2D eigenvalue weighted by Gasteiger charge is 2.39. The summed E-state index contributed by atoms with van der Waals surface area (Å²) in [5.41, 5.74) is 0. The largest absolute Gasteiger partial charge is 0.394 e. The Morgan fingerprint density at radius 1 is 0.774 bits per heavy atom. The van der Waals surface area contributed by atoms with Crippen molar-refractivity contribution >= 4 is 0 Å². The van der Waals surface area contributed by atoms with Gasteiger partial charge in [-0.05, 0) is 32.1 Å². The SMILES string of the molecule is CCCCCCCCCCCCCC/C=C/CCCCO[C@@H]1[C@@H](O)[C@H](O)CO[C@H]1CO. The molecule has 1 aliphatic heterocycles. The van der Waals surface area contributed by atoms with Gasteiger partial charge in [-0.2, -0.15) is 0 Å². The lowest BCUT2D eigenvalue weighted by Crippen LogP contribution is -2.55. The molecule has 0 amide bonds. The van der Waals surface area contributed by atoms with E-state index in [2.05, 4.69) is 19.1 Å². The van der Waals surface area contributed by atoms with E-state index in [9.17, 15) is 15.3 Å². The Labute approximate surface area is 191 Å². The fourth-order valence-corrected chi connectivity index (χ4v) is 4.14. The van der Waals surface area contributed by atoms with Crippen LogP contribution < -0.4 is 0 Å². The number of allylic oxidation sites excluding steroid dienone is 2. The van der Waals surface area contributed by atoms with E-state index in [0.29, 0.717) is 6.61 Å². The number of aliphatic hydroxyl groups excluding tert-OH is 3. The third kappa shape index (κ3) is 14.3. The van der Waals surface area contributed by atoms with Crippen molar-refractivity contribution in [3.05, 3.63) is 12.2 Å². The minimum atomic E-state index is -0.999. The van der Waals surface area contributed by atoms with Crippen LogP contribution in [0.15, 0.2) is 12.2 Å². The zero-order valence-electron chi connectivity index (χ0n) is 20.1. The van der Waals surface area contributed by atoms with Gasteiger partial charge in [-0.15, -0.1) is 0 Å². The molecule has 0 saturated carbocycles. The normalized spacial score (nSPS) is 24.3. The molecule has 5 heteroatoms.